The number of nitrogens with one attached hydrogen (secondary N) is 2. The molecule has 7 heteroatoms. The maximum absolute atomic E-state index is 12.5. The van der Waals surface area contributed by atoms with Crippen LogP contribution in [0.25, 0.3) is 11.4 Å². The van der Waals surface area contributed by atoms with Crippen LogP contribution in [-0.4, -0.2) is 39.0 Å². The lowest BCUT2D eigenvalue weighted by Gasteiger charge is -2.24. The van der Waals surface area contributed by atoms with Crippen LogP contribution >= 0.6 is 0 Å². The largest absolute Gasteiger partial charge is 0.507 e. The van der Waals surface area contributed by atoms with Crippen LogP contribution in [0.3, 0.4) is 0 Å². The molecule has 1 aliphatic rings. The molecule has 2 aromatic rings. The van der Waals surface area contributed by atoms with E-state index in [9.17, 15) is 9.90 Å². The first-order chi connectivity index (χ1) is 11.6. The Morgan fingerprint density at radius 2 is 2.29 bits per heavy atom. The number of aromatic nitrogens is 3. The molecule has 0 bridgehead atoms. The zero-order valence-electron chi connectivity index (χ0n) is 13.4. The van der Waals surface area contributed by atoms with Crippen molar-refractivity contribution in [3.05, 3.63) is 34.1 Å². The quantitative estimate of drug-likeness (QED) is 0.719. The van der Waals surface area contributed by atoms with E-state index in [1.807, 2.05) is 0 Å². The first kappa shape index (κ1) is 16.0. The highest BCUT2D eigenvalue weighted by Crippen LogP contribution is 2.27. The Morgan fingerprint density at radius 1 is 1.46 bits per heavy atom. The maximum Gasteiger partial charge on any atom is 0.296 e. The highest BCUT2D eigenvalue weighted by atomic mass is 16.3. The molecule has 1 saturated heterocycles. The van der Waals surface area contributed by atoms with Gasteiger partial charge in [0.15, 0.2) is 5.82 Å². The molecular weight excluding hydrogens is 306 g/mol. The summed E-state index contributed by atoms with van der Waals surface area (Å²) in [6.45, 7) is 1.79. The molecule has 3 rings (SSSR count). The Labute approximate surface area is 139 Å². The molecule has 0 spiro atoms. The predicted molar refractivity (Wildman–Crippen MR) is 91.8 cm³/mol. The summed E-state index contributed by atoms with van der Waals surface area (Å²) in [5.41, 5.74) is 0.676. The van der Waals surface area contributed by atoms with Crippen LogP contribution in [0, 0.1) is 12.3 Å². The summed E-state index contributed by atoms with van der Waals surface area (Å²) in [5, 5.41) is 24.7. The van der Waals surface area contributed by atoms with Gasteiger partial charge in [0.25, 0.3) is 5.56 Å². The van der Waals surface area contributed by atoms with Crippen molar-refractivity contribution in [3.8, 4) is 29.5 Å². The van der Waals surface area contributed by atoms with Gasteiger partial charge in [-0.05, 0) is 37.6 Å². The highest BCUT2D eigenvalue weighted by molar-refractivity contribution is 5.65. The van der Waals surface area contributed by atoms with Gasteiger partial charge < -0.3 is 15.7 Å². The van der Waals surface area contributed by atoms with E-state index in [4.69, 9.17) is 6.42 Å². The number of hydrogen-bond acceptors (Lipinski definition) is 6. The van der Waals surface area contributed by atoms with Crippen LogP contribution in [0.2, 0.25) is 0 Å². The van der Waals surface area contributed by atoms with Crippen LogP contribution in [0.4, 0.5) is 5.82 Å². The Morgan fingerprint density at radius 3 is 2.96 bits per heavy atom. The van der Waals surface area contributed by atoms with Crippen LogP contribution in [0.5, 0.6) is 5.75 Å². The van der Waals surface area contributed by atoms with Gasteiger partial charge in [-0.2, -0.15) is 0 Å². The van der Waals surface area contributed by atoms with Crippen LogP contribution in [-0.2, 0) is 7.05 Å². The fraction of sp³-hybridized carbons (Fsp3) is 0.353. The second-order valence-corrected chi connectivity index (χ2v) is 5.80. The molecule has 7 nitrogen and oxygen atoms in total. The third-order valence-corrected chi connectivity index (χ3v) is 4.11. The average Bonchev–Trinajstić information content (AvgIpc) is 2.60. The molecule has 0 radical (unpaired) electrons. The van der Waals surface area contributed by atoms with E-state index in [0.29, 0.717) is 11.1 Å². The van der Waals surface area contributed by atoms with Gasteiger partial charge in [-0.3, -0.25) is 9.36 Å². The first-order valence-corrected chi connectivity index (χ1v) is 7.81. The number of terminal acetylenes is 1. The molecular formula is C17H19N5O2. The predicted octanol–water partition coefficient (Wildman–Crippen LogP) is 0.693. The molecule has 0 saturated carbocycles. The van der Waals surface area contributed by atoms with E-state index in [1.54, 1.807) is 19.2 Å². The van der Waals surface area contributed by atoms with Crippen molar-refractivity contribution in [1.29, 1.82) is 0 Å². The van der Waals surface area contributed by atoms with Crippen molar-refractivity contribution in [1.82, 2.24) is 20.1 Å². The Balaban J connectivity index is 1.93. The van der Waals surface area contributed by atoms with Gasteiger partial charge >= 0.3 is 0 Å². The standard InChI is InChI=1S/C17H19N5O2/c1-3-11-6-7-13(14(23)9-11)16-21-20-15(17(24)22(16)2)19-12-5-4-8-18-10-12/h1,6-7,9,12,18,23H,4-5,8,10H2,2H3,(H,19,20)/t12-/m1/s1. The fourth-order valence-corrected chi connectivity index (χ4v) is 2.77. The topological polar surface area (TPSA) is 92.1 Å². The zero-order chi connectivity index (χ0) is 17.1. The molecule has 1 aromatic carbocycles. The normalized spacial score (nSPS) is 17.2. The van der Waals surface area contributed by atoms with E-state index in [2.05, 4.69) is 26.8 Å². The smallest absolute Gasteiger partial charge is 0.296 e. The van der Waals surface area contributed by atoms with Crippen molar-refractivity contribution in [2.75, 3.05) is 18.4 Å². The molecule has 3 N–H and O–H groups in total. The number of aromatic hydroxyl groups is 1. The van der Waals surface area contributed by atoms with Crippen LogP contribution < -0.4 is 16.2 Å². The second kappa shape index (κ2) is 6.72. The van der Waals surface area contributed by atoms with Crippen molar-refractivity contribution < 1.29 is 5.11 Å². The Hall–Kier alpha value is -2.85. The van der Waals surface area contributed by atoms with E-state index < -0.39 is 0 Å². The molecule has 1 fully saturated rings. The molecule has 124 valence electrons. The maximum atomic E-state index is 12.5. The van der Waals surface area contributed by atoms with Crippen LogP contribution in [0.15, 0.2) is 23.0 Å². The van der Waals surface area contributed by atoms with E-state index >= 15 is 0 Å². The van der Waals surface area contributed by atoms with Crippen LogP contribution in [0.1, 0.15) is 18.4 Å². The van der Waals surface area contributed by atoms with Gasteiger partial charge in [0.1, 0.15) is 5.75 Å². The zero-order valence-corrected chi connectivity index (χ0v) is 13.4. The van der Waals surface area contributed by atoms with Gasteiger partial charge in [0.05, 0.1) is 5.56 Å². The number of phenols is 1. The summed E-state index contributed by atoms with van der Waals surface area (Å²) in [6, 6.07) is 4.93. The van der Waals surface area contributed by atoms with Crippen molar-refractivity contribution >= 4 is 5.82 Å². The minimum absolute atomic E-state index is 0.0352. The lowest BCUT2D eigenvalue weighted by molar-refractivity contribution is 0.475. The number of rotatable bonds is 3. The fourth-order valence-electron chi connectivity index (χ4n) is 2.77. The molecule has 1 atom stereocenters. The monoisotopic (exact) mass is 325 g/mol. The van der Waals surface area contributed by atoms with Gasteiger partial charge in [0.2, 0.25) is 5.82 Å². The van der Waals surface area contributed by atoms with Crippen molar-refractivity contribution in [2.24, 2.45) is 7.05 Å². The SMILES string of the molecule is C#Cc1ccc(-c2nnc(N[C@@H]3CCCNC3)c(=O)n2C)c(O)c1. The van der Waals surface area contributed by atoms with E-state index in [0.717, 1.165) is 25.9 Å². The molecule has 0 unspecified atom stereocenters. The molecule has 24 heavy (non-hydrogen) atoms. The lowest BCUT2D eigenvalue weighted by Crippen LogP contribution is -2.40. The van der Waals surface area contributed by atoms with Gasteiger partial charge in [-0.1, -0.05) is 5.92 Å². The summed E-state index contributed by atoms with van der Waals surface area (Å²) in [5.74, 6) is 2.91. The number of piperidine rings is 1. The van der Waals surface area contributed by atoms with Crippen molar-refractivity contribution in [3.63, 3.8) is 0 Å². The summed E-state index contributed by atoms with van der Waals surface area (Å²) >= 11 is 0. The average molecular weight is 325 g/mol. The number of phenolic OH excluding ortho intramolecular Hbond substituents is 1. The first-order valence-electron chi connectivity index (χ1n) is 7.81. The number of benzene rings is 1. The number of hydrogen-bond donors (Lipinski definition) is 3. The molecule has 1 aromatic heterocycles. The number of anilines is 1. The molecule has 0 amide bonds. The summed E-state index contributed by atoms with van der Waals surface area (Å²) in [7, 11) is 1.60. The summed E-state index contributed by atoms with van der Waals surface area (Å²) < 4.78 is 1.37. The second-order valence-electron chi connectivity index (χ2n) is 5.80. The third kappa shape index (κ3) is 3.09. The molecule has 1 aliphatic heterocycles. The minimum Gasteiger partial charge on any atom is -0.507 e. The highest BCUT2D eigenvalue weighted by Gasteiger charge is 2.18. The van der Waals surface area contributed by atoms with Crippen molar-refractivity contribution in [2.45, 2.75) is 18.9 Å². The minimum atomic E-state index is -0.286. The summed E-state index contributed by atoms with van der Waals surface area (Å²) in [4.78, 5) is 12.5. The number of nitrogens with zero attached hydrogens (tertiary/aromatic N) is 3. The van der Waals surface area contributed by atoms with Gasteiger partial charge in [-0.15, -0.1) is 16.6 Å². The van der Waals surface area contributed by atoms with Gasteiger partial charge in [0, 0.05) is 25.2 Å². The van der Waals surface area contributed by atoms with E-state index in [-0.39, 0.29) is 29.0 Å². The summed E-state index contributed by atoms with van der Waals surface area (Å²) in [6.07, 6.45) is 7.35. The Bertz CT molecular complexity index is 847. The third-order valence-electron chi connectivity index (χ3n) is 4.11. The van der Waals surface area contributed by atoms with E-state index in [1.165, 1.54) is 10.6 Å². The van der Waals surface area contributed by atoms with Gasteiger partial charge in [-0.25, -0.2) is 0 Å². The Kier molecular flexibility index (Phi) is 4.49. The lowest BCUT2D eigenvalue weighted by atomic mass is 10.1. The molecule has 2 heterocycles. The molecule has 0 aliphatic carbocycles.